The number of rotatable bonds is 4. The molecule has 0 aromatic heterocycles. The molecule has 1 saturated heterocycles. The van der Waals surface area contributed by atoms with Crippen molar-refractivity contribution >= 4 is 17.9 Å². The molecule has 0 aromatic carbocycles. The SMILES string of the molecule is O=C(O)C(F)(F)F.O=C(O)[C@@H]1C[C@H](OC2(C(=O)O)C=CC=CC2)CN1. The van der Waals surface area contributed by atoms with Crippen molar-refractivity contribution < 1.29 is 47.6 Å². The standard InChI is InChI=1S/C12H15NO5.C2HF3O2/c14-10(15)9-6-8(7-13-9)18-12(11(16)17)4-2-1-3-5-12;3-2(4,5)1(6)7/h1-4,8-9,13H,5-7H2,(H,14,15)(H,16,17);(H,6,7)/t8-,9-,12?;/m0./s1. The van der Waals surface area contributed by atoms with Gasteiger partial charge in [0.25, 0.3) is 0 Å². The summed E-state index contributed by atoms with van der Waals surface area (Å²) in [4.78, 5) is 31.0. The zero-order valence-corrected chi connectivity index (χ0v) is 12.7. The number of hydrogen-bond donors (Lipinski definition) is 4. The molecule has 2 aliphatic rings. The number of ether oxygens (including phenoxy) is 1. The van der Waals surface area contributed by atoms with Gasteiger partial charge in [0, 0.05) is 19.4 Å². The van der Waals surface area contributed by atoms with Gasteiger partial charge in [-0.3, -0.25) is 4.79 Å². The van der Waals surface area contributed by atoms with Gasteiger partial charge in [-0.1, -0.05) is 18.2 Å². The fourth-order valence-electron chi connectivity index (χ4n) is 2.18. The van der Waals surface area contributed by atoms with Gasteiger partial charge >= 0.3 is 24.1 Å². The molecule has 0 radical (unpaired) electrons. The van der Waals surface area contributed by atoms with E-state index in [1.54, 1.807) is 18.2 Å². The van der Waals surface area contributed by atoms with Crippen molar-refractivity contribution in [2.75, 3.05) is 6.54 Å². The van der Waals surface area contributed by atoms with E-state index in [2.05, 4.69) is 5.32 Å². The first-order chi connectivity index (χ1) is 11.5. The van der Waals surface area contributed by atoms with E-state index in [4.69, 9.17) is 19.7 Å². The molecule has 2 rings (SSSR count). The minimum atomic E-state index is -5.08. The second-order valence-electron chi connectivity index (χ2n) is 5.26. The Morgan fingerprint density at radius 1 is 1.16 bits per heavy atom. The van der Waals surface area contributed by atoms with Crippen molar-refractivity contribution in [1.82, 2.24) is 5.32 Å². The maximum atomic E-state index is 11.3. The molecule has 0 aromatic rings. The Hall–Kier alpha value is -2.40. The van der Waals surface area contributed by atoms with E-state index in [1.807, 2.05) is 0 Å². The van der Waals surface area contributed by atoms with Crippen LogP contribution in [0.1, 0.15) is 12.8 Å². The summed E-state index contributed by atoms with van der Waals surface area (Å²) in [7, 11) is 0. The molecule has 0 spiro atoms. The third-order valence-electron chi connectivity index (χ3n) is 3.40. The molecule has 4 N–H and O–H groups in total. The molecule has 3 atom stereocenters. The van der Waals surface area contributed by atoms with Crippen molar-refractivity contribution in [3.8, 4) is 0 Å². The highest BCUT2D eigenvalue weighted by atomic mass is 19.4. The number of allylic oxidation sites excluding steroid dienone is 2. The van der Waals surface area contributed by atoms with E-state index in [0.29, 0.717) is 6.54 Å². The molecule has 1 heterocycles. The summed E-state index contributed by atoms with van der Waals surface area (Å²) in [6.45, 7) is 0.351. The molecular weight excluding hydrogens is 351 g/mol. The second-order valence-corrected chi connectivity index (χ2v) is 5.26. The highest BCUT2D eigenvalue weighted by Gasteiger charge is 2.42. The normalized spacial score (nSPS) is 28.1. The minimum Gasteiger partial charge on any atom is -0.480 e. The Morgan fingerprint density at radius 3 is 2.12 bits per heavy atom. The molecule has 0 saturated carbocycles. The Bertz CT molecular complexity index is 587. The van der Waals surface area contributed by atoms with Gasteiger partial charge in [0.2, 0.25) is 0 Å². The average molecular weight is 367 g/mol. The Balaban J connectivity index is 0.000000381. The predicted molar refractivity (Wildman–Crippen MR) is 75.9 cm³/mol. The summed E-state index contributed by atoms with van der Waals surface area (Å²) >= 11 is 0. The lowest BCUT2D eigenvalue weighted by atomic mass is 9.94. The molecule has 1 unspecified atom stereocenters. The van der Waals surface area contributed by atoms with Gasteiger partial charge in [0.15, 0.2) is 5.60 Å². The summed E-state index contributed by atoms with van der Waals surface area (Å²) < 4.78 is 37.4. The van der Waals surface area contributed by atoms with Crippen LogP contribution in [0.4, 0.5) is 13.2 Å². The number of alkyl halides is 3. The summed E-state index contributed by atoms with van der Waals surface area (Å²) in [6.07, 6.45) is 1.67. The third-order valence-corrected chi connectivity index (χ3v) is 3.40. The fourth-order valence-corrected chi connectivity index (χ4v) is 2.18. The number of hydrogen-bond acceptors (Lipinski definition) is 5. The number of nitrogens with one attached hydrogen (secondary N) is 1. The van der Waals surface area contributed by atoms with Crippen LogP contribution in [0.3, 0.4) is 0 Å². The lowest BCUT2D eigenvalue weighted by Crippen LogP contribution is -2.43. The van der Waals surface area contributed by atoms with Crippen LogP contribution >= 0.6 is 0 Å². The van der Waals surface area contributed by atoms with Crippen molar-refractivity contribution in [1.29, 1.82) is 0 Å². The predicted octanol–water partition coefficient (Wildman–Crippen LogP) is 0.791. The molecular formula is C14H16F3NO7. The Labute approximate surface area is 139 Å². The fraction of sp³-hybridized carbons (Fsp3) is 0.500. The van der Waals surface area contributed by atoms with Crippen molar-refractivity contribution in [3.63, 3.8) is 0 Å². The molecule has 11 heteroatoms. The van der Waals surface area contributed by atoms with Crippen molar-refractivity contribution in [2.24, 2.45) is 0 Å². The van der Waals surface area contributed by atoms with Crippen LogP contribution in [0.25, 0.3) is 0 Å². The molecule has 8 nitrogen and oxygen atoms in total. The largest absolute Gasteiger partial charge is 0.490 e. The number of carboxylic acids is 3. The van der Waals surface area contributed by atoms with Crippen LogP contribution in [0.5, 0.6) is 0 Å². The van der Waals surface area contributed by atoms with Crippen LogP contribution in [-0.2, 0) is 19.1 Å². The van der Waals surface area contributed by atoms with Gasteiger partial charge < -0.3 is 25.4 Å². The summed E-state index contributed by atoms with van der Waals surface area (Å²) in [6, 6.07) is -0.663. The summed E-state index contributed by atoms with van der Waals surface area (Å²) in [5.41, 5.74) is -1.37. The third kappa shape index (κ3) is 5.87. The van der Waals surface area contributed by atoms with Gasteiger partial charge in [-0.05, 0) is 6.08 Å². The van der Waals surface area contributed by atoms with Crippen LogP contribution < -0.4 is 5.32 Å². The average Bonchev–Trinajstić information content (AvgIpc) is 2.96. The number of halogens is 3. The minimum absolute atomic E-state index is 0.257. The highest BCUT2D eigenvalue weighted by Crippen LogP contribution is 2.27. The van der Waals surface area contributed by atoms with Crippen LogP contribution in [0, 0.1) is 0 Å². The zero-order valence-electron chi connectivity index (χ0n) is 12.7. The van der Waals surface area contributed by atoms with E-state index >= 15 is 0 Å². The molecule has 25 heavy (non-hydrogen) atoms. The van der Waals surface area contributed by atoms with Crippen molar-refractivity contribution in [2.45, 2.75) is 36.8 Å². The number of aliphatic carboxylic acids is 3. The lowest BCUT2D eigenvalue weighted by molar-refractivity contribution is -0.192. The van der Waals surface area contributed by atoms with Gasteiger partial charge in [-0.25, -0.2) is 9.59 Å². The van der Waals surface area contributed by atoms with Gasteiger partial charge in [0.05, 0.1) is 6.10 Å². The Kier molecular flexibility index (Phi) is 6.70. The Morgan fingerprint density at radius 2 is 1.76 bits per heavy atom. The summed E-state index contributed by atoms with van der Waals surface area (Å²) in [5, 5.41) is 28.0. The van der Waals surface area contributed by atoms with E-state index in [9.17, 15) is 27.9 Å². The number of carbonyl (C=O) groups is 3. The quantitative estimate of drug-likeness (QED) is 0.573. The monoisotopic (exact) mass is 367 g/mol. The highest BCUT2D eigenvalue weighted by molar-refractivity contribution is 5.81. The molecule has 1 aliphatic heterocycles. The second kappa shape index (κ2) is 8.12. The molecule has 1 fully saturated rings. The first-order valence-electron chi connectivity index (χ1n) is 7.00. The van der Waals surface area contributed by atoms with Gasteiger partial charge in [-0.15, -0.1) is 0 Å². The smallest absolute Gasteiger partial charge is 0.480 e. The molecule has 140 valence electrons. The number of carboxylic acid groups (broad SMARTS) is 3. The van der Waals surface area contributed by atoms with Gasteiger partial charge in [-0.2, -0.15) is 13.2 Å². The van der Waals surface area contributed by atoms with E-state index in [0.717, 1.165) is 0 Å². The first kappa shape index (κ1) is 20.6. The summed E-state index contributed by atoms with van der Waals surface area (Å²) in [5.74, 6) is -4.75. The maximum absolute atomic E-state index is 11.3. The van der Waals surface area contributed by atoms with Gasteiger partial charge in [0.1, 0.15) is 6.04 Å². The topological polar surface area (TPSA) is 133 Å². The van der Waals surface area contributed by atoms with E-state index < -0.39 is 41.8 Å². The molecule has 1 aliphatic carbocycles. The van der Waals surface area contributed by atoms with Crippen LogP contribution in [0.2, 0.25) is 0 Å². The maximum Gasteiger partial charge on any atom is 0.490 e. The van der Waals surface area contributed by atoms with E-state index in [-0.39, 0.29) is 12.8 Å². The van der Waals surface area contributed by atoms with Crippen LogP contribution in [-0.4, -0.2) is 63.7 Å². The molecule has 0 amide bonds. The van der Waals surface area contributed by atoms with Crippen LogP contribution in [0.15, 0.2) is 24.3 Å². The van der Waals surface area contributed by atoms with E-state index in [1.165, 1.54) is 6.08 Å². The first-order valence-corrected chi connectivity index (χ1v) is 7.00. The zero-order chi connectivity index (χ0) is 19.3. The lowest BCUT2D eigenvalue weighted by Gasteiger charge is -2.29. The molecule has 0 bridgehead atoms. The van der Waals surface area contributed by atoms with Crippen molar-refractivity contribution in [3.05, 3.63) is 24.3 Å².